The van der Waals surface area contributed by atoms with Crippen molar-refractivity contribution in [3.05, 3.63) is 29.8 Å². The standard InChI is InChI=1S/C16H20N2O4S/c1-11(19)17-13-4-2-12(3-5-13)16(20)18(14-6-7-14)15-8-9-23(21,22)10-15/h2-5,14-15H,6-10H2,1H3,(H,17,19). The molecule has 0 aromatic heterocycles. The second-order valence-electron chi connectivity index (χ2n) is 6.26. The zero-order valence-corrected chi connectivity index (χ0v) is 13.8. The van der Waals surface area contributed by atoms with Crippen LogP contribution >= 0.6 is 0 Å². The molecule has 6 nitrogen and oxygen atoms in total. The molecule has 3 rings (SSSR count). The molecule has 0 spiro atoms. The van der Waals surface area contributed by atoms with E-state index >= 15 is 0 Å². The fourth-order valence-electron chi connectivity index (χ4n) is 3.03. The van der Waals surface area contributed by atoms with Crippen molar-refractivity contribution in [1.82, 2.24) is 4.90 Å². The van der Waals surface area contributed by atoms with Crippen LogP contribution in [0, 0.1) is 0 Å². The van der Waals surface area contributed by atoms with Crippen LogP contribution in [0.5, 0.6) is 0 Å². The van der Waals surface area contributed by atoms with Crippen LogP contribution in [0.2, 0.25) is 0 Å². The Morgan fingerprint density at radius 3 is 2.22 bits per heavy atom. The first kappa shape index (κ1) is 16.0. The molecular weight excluding hydrogens is 316 g/mol. The topological polar surface area (TPSA) is 83.6 Å². The molecule has 1 atom stereocenters. The average molecular weight is 336 g/mol. The highest BCUT2D eigenvalue weighted by atomic mass is 32.2. The van der Waals surface area contributed by atoms with Gasteiger partial charge in [-0.05, 0) is 43.5 Å². The Balaban J connectivity index is 1.78. The highest BCUT2D eigenvalue weighted by molar-refractivity contribution is 7.91. The number of benzene rings is 1. The van der Waals surface area contributed by atoms with Crippen molar-refractivity contribution in [2.45, 2.75) is 38.3 Å². The lowest BCUT2D eigenvalue weighted by molar-refractivity contribution is -0.114. The number of amides is 2. The molecule has 23 heavy (non-hydrogen) atoms. The SMILES string of the molecule is CC(=O)Nc1ccc(C(=O)N(C2CC2)C2CCS(=O)(=O)C2)cc1. The lowest BCUT2D eigenvalue weighted by atomic mass is 10.1. The number of rotatable bonds is 4. The van der Waals surface area contributed by atoms with Crippen molar-refractivity contribution < 1.29 is 18.0 Å². The first-order chi connectivity index (χ1) is 10.9. The van der Waals surface area contributed by atoms with Gasteiger partial charge in [-0.2, -0.15) is 0 Å². The number of sulfone groups is 1. The van der Waals surface area contributed by atoms with E-state index in [1.807, 2.05) is 0 Å². The molecule has 2 amide bonds. The smallest absolute Gasteiger partial charge is 0.254 e. The predicted molar refractivity (Wildman–Crippen MR) is 87.0 cm³/mol. The third-order valence-corrected chi connectivity index (χ3v) is 5.98. The Labute approximate surface area is 135 Å². The molecule has 2 aliphatic rings. The van der Waals surface area contributed by atoms with E-state index in [4.69, 9.17) is 0 Å². The molecule has 1 aliphatic carbocycles. The van der Waals surface area contributed by atoms with Crippen molar-refractivity contribution >= 4 is 27.3 Å². The van der Waals surface area contributed by atoms with Gasteiger partial charge in [0.05, 0.1) is 11.5 Å². The maximum absolute atomic E-state index is 12.8. The van der Waals surface area contributed by atoms with Crippen LogP contribution in [0.1, 0.15) is 36.5 Å². The zero-order chi connectivity index (χ0) is 16.6. The van der Waals surface area contributed by atoms with Crippen LogP contribution in [0.15, 0.2) is 24.3 Å². The van der Waals surface area contributed by atoms with Gasteiger partial charge < -0.3 is 10.2 Å². The monoisotopic (exact) mass is 336 g/mol. The molecule has 1 saturated carbocycles. The summed E-state index contributed by atoms with van der Waals surface area (Å²) in [6.07, 6.45) is 2.40. The number of carbonyl (C=O) groups is 2. The molecule has 0 radical (unpaired) electrons. The van der Waals surface area contributed by atoms with E-state index in [0.29, 0.717) is 17.7 Å². The highest BCUT2D eigenvalue weighted by Crippen LogP contribution is 2.33. The van der Waals surface area contributed by atoms with Gasteiger partial charge in [-0.25, -0.2) is 8.42 Å². The van der Waals surface area contributed by atoms with Crippen LogP contribution < -0.4 is 5.32 Å². The van der Waals surface area contributed by atoms with Crippen LogP contribution in [0.25, 0.3) is 0 Å². The third kappa shape index (κ3) is 3.72. The number of nitrogens with one attached hydrogen (secondary N) is 1. The van der Waals surface area contributed by atoms with Crippen LogP contribution in [0.4, 0.5) is 5.69 Å². The third-order valence-electron chi connectivity index (χ3n) is 4.23. The van der Waals surface area contributed by atoms with Crippen molar-refractivity contribution in [2.75, 3.05) is 16.8 Å². The van der Waals surface area contributed by atoms with Gasteiger partial charge >= 0.3 is 0 Å². The molecule has 1 unspecified atom stereocenters. The second-order valence-corrected chi connectivity index (χ2v) is 8.49. The molecule has 7 heteroatoms. The van der Waals surface area contributed by atoms with Crippen molar-refractivity contribution in [1.29, 1.82) is 0 Å². The van der Waals surface area contributed by atoms with Crippen LogP contribution in [0.3, 0.4) is 0 Å². The molecular formula is C16H20N2O4S. The molecule has 1 N–H and O–H groups in total. The Kier molecular flexibility index (Phi) is 4.14. The molecule has 1 aromatic carbocycles. The first-order valence-electron chi connectivity index (χ1n) is 7.76. The molecule has 0 bridgehead atoms. The van der Waals surface area contributed by atoms with Crippen molar-refractivity contribution in [3.63, 3.8) is 0 Å². The summed E-state index contributed by atoms with van der Waals surface area (Å²) in [6.45, 7) is 1.43. The van der Waals surface area contributed by atoms with Crippen LogP contribution in [-0.2, 0) is 14.6 Å². The molecule has 1 aliphatic heterocycles. The Hall–Kier alpha value is -1.89. The maximum Gasteiger partial charge on any atom is 0.254 e. The summed E-state index contributed by atoms with van der Waals surface area (Å²) in [7, 11) is -3.02. The van der Waals surface area contributed by atoms with Crippen LogP contribution in [-0.4, -0.2) is 48.7 Å². The lowest BCUT2D eigenvalue weighted by Gasteiger charge is -2.28. The molecule has 124 valence electrons. The van der Waals surface area contributed by atoms with Gasteiger partial charge in [-0.1, -0.05) is 0 Å². The minimum Gasteiger partial charge on any atom is -0.332 e. The summed E-state index contributed by atoms with van der Waals surface area (Å²) in [6, 6.07) is 6.67. The second kappa shape index (κ2) is 5.96. The first-order valence-corrected chi connectivity index (χ1v) is 9.58. The van der Waals surface area contributed by atoms with Gasteiger partial charge in [0.25, 0.3) is 5.91 Å². The quantitative estimate of drug-likeness (QED) is 0.902. The normalized spacial score (nSPS) is 22.6. The summed E-state index contributed by atoms with van der Waals surface area (Å²) in [4.78, 5) is 25.6. The van der Waals surface area contributed by atoms with Gasteiger partial charge in [0.1, 0.15) is 0 Å². The average Bonchev–Trinajstić information content (AvgIpc) is 3.23. The van der Waals surface area contributed by atoms with E-state index < -0.39 is 9.84 Å². The minimum atomic E-state index is -3.02. The molecule has 1 aromatic rings. The van der Waals surface area contributed by atoms with E-state index in [1.54, 1.807) is 29.2 Å². The number of hydrogen-bond acceptors (Lipinski definition) is 4. The van der Waals surface area contributed by atoms with Gasteiger partial charge in [-0.3, -0.25) is 9.59 Å². The fourth-order valence-corrected chi connectivity index (χ4v) is 4.74. The van der Waals surface area contributed by atoms with Crippen molar-refractivity contribution in [2.24, 2.45) is 0 Å². The fraction of sp³-hybridized carbons (Fsp3) is 0.500. The minimum absolute atomic E-state index is 0.0687. The van der Waals surface area contributed by atoms with E-state index in [1.165, 1.54) is 6.92 Å². The van der Waals surface area contributed by atoms with E-state index in [-0.39, 0.29) is 35.4 Å². The molecule has 2 fully saturated rings. The number of carbonyl (C=O) groups excluding carboxylic acids is 2. The molecule has 1 saturated heterocycles. The van der Waals surface area contributed by atoms with E-state index in [9.17, 15) is 18.0 Å². The summed E-state index contributed by atoms with van der Waals surface area (Å²) in [5.74, 6) is -0.0571. The predicted octanol–water partition coefficient (Wildman–Crippen LogP) is 1.44. The maximum atomic E-state index is 12.8. The van der Waals surface area contributed by atoms with E-state index in [0.717, 1.165) is 12.8 Å². The zero-order valence-electron chi connectivity index (χ0n) is 13.0. The molecule has 1 heterocycles. The van der Waals surface area contributed by atoms with Crippen molar-refractivity contribution in [3.8, 4) is 0 Å². The number of nitrogens with zero attached hydrogens (tertiary/aromatic N) is 1. The number of anilines is 1. The summed E-state index contributed by atoms with van der Waals surface area (Å²) >= 11 is 0. The number of hydrogen-bond donors (Lipinski definition) is 1. The Morgan fingerprint density at radius 1 is 1.09 bits per heavy atom. The van der Waals surface area contributed by atoms with Gasteiger partial charge in [0, 0.05) is 30.3 Å². The largest absolute Gasteiger partial charge is 0.332 e. The van der Waals surface area contributed by atoms with E-state index in [2.05, 4.69) is 5.32 Å². The summed E-state index contributed by atoms with van der Waals surface area (Å²) in [5.41, 5.74) is 1.16. The highest BCUT2D eigenvalue weighted by Gasteiger charge is 2.42. The van der Waals surface area contributed by atoms with Gasteiger partial charge in [0.2, 0.25) is 5.91 Å². The lowest BCUT2D eigenvalue weighted by Crippen LogP contribution is -2.42. The Morgan fingerprint density at radius 2 is 1.74 bits per heavy atom. The Bertz CT molecular complexity index is 723. The van der Waals surface area contributed by atoms with Gasteiger partial charge in [0.15, 0.2) is 9.84 Å². The summed E-state index contributed by atoms with van der Waals surface area (Å²) < 4.78 is 23.4. The summed E-state index contributed by atoms with van der Waals surface area (Å²) in [5, 5.41) is 2.66. The van der Waals surface area contributed by atoms with Gasteiger partial charge in [-0.15, -0.1) is 0 Å².